The maximum atomic E-state index is 13.0. The number of nitrogens with one attached hydrogen (secondary N) is 2. The smallest absolute Gasteiger partial charge is 0.326 e. The fraction of sp³-hybridized carbons (Fsp3) is 0.200. The second kappa shape index (κ2) is 12.8. The molecular formula is C25H25N3O4S2. The van der Waals surface area contributed by atoms with Crippen molar-refractivity contribution in [3.63, 3.8) is 0 Å². The maximum absolute atomic E-state index is 13.0. The molecule has 9 heteroatoms. The number of hydrogen-bond acceptors (Lipinski definition) is 6. The monoisotopic (exact) mass is 495 g/mol. The number of aromatic nitrogens is 1. The van der Waals surface area contributed by atoms with Crippen LogP contribution >= 0.6 is 23.5 Å². The molecule has 1 atom stereocenters. The Labute approximate surface area is 206 Å². The first-order chi connectivity index (χ1) is 16.5. The molecule has 3 aromatic rings. The predicted octanol–water partition coefficient (Wildman–Crippen LogP) is 4.69. The van der Waals surface area contributed by atoms with Crippen molar-refractivity contribution >= 4 is 40.6 Å². The number of carbonyl (C=O) groups is 3. The highest BCUT2D eigenvalue weighted by molar-refractivity contribution is 8.13. The molecule has 3 rings (SSSR count). The van der Waals surface area contributed by atoms with E-state index in [1.807, 2.05) is 48.7 Å². The molecule has 7 nitrogen and oxygen atoms in total. The van der Waals surface area contributed by atoms with Gasteiger partial charge in [0.25, 0.3) is 11.1 Å². The number of thioether (sulfide) groups is 2. The zero-order chi connectivity index (χ0) is 24.3. The number of hydrogen-bond donors (Lipinski definition) is 3. The van der Waals surface area contributed by atoms with Crippen molar-refractivity contribution in [1.29, 1.82) is 0 Å². The molecule has 0 saturated carbocycles. The van der Waals surface area contributed by atoms with Crippen LogP contribution in [0.1, 0.15) is 22.3 Å². The van der Waals surface area contributed by atoms with Crippen molar-refractivity contribution < 1.29 is 19.5 Å². The van der Waals surface area contributed by atoms with E-state index in [1.54, 1.807) is 30.6 Å². The summed E-state index contributed by atoms with van der Waals surface area (Å²) in [6, 6.07) is 17.3. The summed E-state index contributed by atoms with van der Waals surface area (Å²) in [5.74, 6) is -0.887. The number of rotatable bonds is 10. The minimum absolute atomic E-state index is 0.214. The number of carbonyl (C=O) groups excluding carboxylic acids is 2. The Morgan fingerprint density at radius 3 is 2.53 bits per heavy atom. The summed E-state index contributed by atoms with van der Waals surface area (Å²) in [7, 11) is 0. The molecule has 2 aromatic carbocycles. The number of amides is 2. The highest BCUT2D eigenvalue weighted by Gasteiger charge is 2.22. The Kier molecular flexibility index (Phi) is 9.54. The van der Waals surface area contributed by atoms with E-state index in [2.05, 4.69) is 15.6 Å². The number of nitrogens with zero attached hydrogens (tertiary/aromatic N) is 1. The molecule has 0 fully saturated rings. The fourth-order valence-electron chi connectivity index (χ4n) is 3.21. The lowest BCUT2D eigenvalue weighted by molar-refractivity contribution is -0.139. The van der Waals surface area contributed by atoms with Crippen LogP contribution in [0.15, 0.2) is 78.0 Å². The summed E-state index contributed by atoms with van der Waals surface area (Å²) in [5.41, 5.74) is 2.68. The van der Waals surface area contributed by atoms with Crippen LogP contribution in [0.2, 0.25) is 0 Å². The molecule has 0 spiro atoms. The summed E-state index contributed by atoms with van der Waals surface area (Å²) in [4.78, 5) is 41.7. The van der Waals surface area contributed by atoms with Gasteiger partial charge in [0, 0.05) is 29.4 Å². The number of pyridine rings is 1. The topological polar surface area (TPSA) is 108 Å². The van der Waals surface area contributed by atoms with Crippen molar-refractivity contribution in [3.05, 3.63) is 84.2 Å². The minimum atomic E-state index is -1.06. The second-order valence-corrected chi connectivity index (χ2v) is 9.36. The van der Waals surface area contributed by atoms with Crippen LogP contribution < -0.4 is 10.6 Å². The molecule has 0 saturated heterocycles. The third kappa shape index (κ3) is 7.36. The molecule has 0 aliphatic carbocycles. The summed E-state index contributed by atoms with van der Waals surface area (Å²) < 4.78 is 0. The first-order valence-corrected chi connectivity index (χ1v) is 12.8. The molecule has 176 valence electrons. The van der Waals surface area contributed by atoms with Gasteiger partial charge < -0.3 is 15.7 Å². The third-order valence-electron chi connectivity index (χ3n) is 4.91. The van der Waals surface area contributed by atoms with Gasteiger partial charge in [-0.05, 0) is 71.1 Å². The lowest BCUT2D eigenvalue weighted by Crippen LogP contribution is -2.41. The first kappa shape index (κ1) is 25.3. The van der Waals surface area contributed by atoms with Crippen LogP contribution in [0.25, 0.3) is 11.1 Å². The molecule has 0 unspecified atom stereocenters. The van der Waals surface area contributed by atoms with Crippen molar-refractivity contribution in [3.8, 4) is 11.1 Å². The highest BCUT2D eigenvalue weighted by Crippen LogP contribution is 2.26. The van der Waals surface area contributed by atoms with E-state index < -0.39 is 17.9 Å². The Morgan fingerprint density at radius 2 is 1.85 bits per heavy atom. The number of carboxylic acid groups (broad SMARTS) is 1. The molecule has 1 heterocycles. The van der Waals surface area contributed by atoms with Crippen LogP contribution in [0.4, 0.5) is 4.79 Å². The first-order valence-electron chi connectivity index (χ1n) is 10.5. The molecule has 0 radical (unpaired) electrons. The van der Waals surface area contributed by atoms with Gasteiger partial charge in [-0.25, -0.2) is 4.79 Å². The van der Waals surface area contributed by atoms with Crippen LogP contribution in [0, 0.1) is 0 Å². The van der Waals surface area contributed by atoms with E-state index in [0.717, 1.165) is 27.8 Å². The maximum Gasteiger partial charge on any atom is 0.326 e. The van der Waals surface area contributed by atoms with E-state index in [1.165, 1.54) is 11.8 Å². The minimum Gasteiger partial charge on any atom is -0.480 e. The van der Waals surface area contributed by atoms with Gasteiger partial charge >= 0.3 is 5.97 Å². The third-order valence-corrected chi connectivity index (χ3v) is 6.36. The van der Waals surface area contributed by atoms with Gasteiger partial charge in [0.05, 0.1) is 0 Å². The fourth-order valence-corrected chi connectivity index (χ4v) is 4.30. The molecule has 0 bridgehead atoms. The van der Waals surface area contributed by atoms with E-state index >= 15 is 0 Å². The SMILES string of the molecule is CSCC[C@H](NC(=O)c1ccc(CNC(=O)Sc2cccnc2)cc1-c1ccccc1)C(=O)O. The van der Waals surface area contributed by atoms with Crippen LogP contribution in [-0.4, -0.2) is 45.3 Å². The van der Waals surface area contributed by atoms with Gasteiger partial charge in [-0.2, -0.15) is 11.8 Å². The number of benzene rings is 2. The average molecular weight is 496 g/mol. The highest BCUT2D eigenvalue weighted by atomic mass is 32.2. The largest absolute Gasteiger partial charge is 0.480 e. The second-order valence-electron chi connectivity index (χ2n) is 7.32. The van der Waals surface area contributed by atoms with Crippen LogP contribution in [-0.2, 0) is 11.3 Å². The molecule has 34 heavy (non-hydrogen) atoms. The van der Waals surface area contributed by atoms with Crippen molar-refractivity contribution in [1.82, 2.24) is 15.6 Å². The normalized spacial score (nSPS) is 11.4. The van der Waals surface area contributed by atoms with Crippen molar-refractivity contribution in [2.75, 3.05) is 12.0 Å². The van der Waals surface area contributed by atoms with Crippen LogP contribution in [0.3, 0.4) is 0 Å². The van der Waals surface area contributed by atoms with Gasteiger partial charge in [-0.1, -0.05) is 36.4 Å². The van der Waals surface area contributed by atoms with Gasteiger partial charge in [0.2, 0.25) is 0 Å². The standard InChI is InChI=1S/C25H25N3O4S2/c1-33-13-11-22(24(30)31)28-23(29)20-10-9-17(14-21(20)18-6-3-2-4-7-18)15-27-25(32)34-19-8-5-12-26-16-19/h2-10,12,14,16,22H,11,13,15H2,1H3,(H,27,32)(H,28,29)(H,30,31)/t22-/m0/s1. The van der Waals surface area contributed by atoms with Crippen molar-refractivity contribution in [2.45, 2.75) is 23.9 Å². The van der Waals surface area contributed by atoms with Crippen molar-refractivity contribution in [2.24, 2.45) is 0 Å². The molecule has 0 aliphatic heterocycles. The van der Waals surface area contributed by atoms with E-state index in [4.69, 9.17) is 0 Å². The van der Waals surface area contributed by atoms with E-state index in [0.29, 0.717) is 23.3 Å². The molecule has 0 aliphatic rings. The van der Waals surface area contributed by atoms with Gasteiger partial charge in [-0.15, -0.1) is 0 Å². The summed E-state index contributed by atoms with van der Waals surface area (Å²) in [5, 5.41) is 14.8. The van der Waals surface area contributed by atoms with Crippen LogP contribution in [0.5, 0.6) is 0 Å². The lowest BCUT2D eigenvalue weighted by atomic mass is 9.96. The molecule has 1 aromatic heterocycles. The quantitative estimate of drug-likeness (QED) is 0.350. The van der Waals surface area contributed by atoms with Gasteiger partial charge in [0.15, 0.2) is 0 Å². The average Bonchev–Trinajstić information content (AvgIpc) is 2.86. The van der Waals surface area contributed by atoms with Gasteiger partial charge in [-0.3, -0.25) is 14.6 Å². The summed E-state index contributed by atoms with van der Waals surface area (Å²) >= 11 is 2.58. The zero-order valence-electron chi connectivity index (χ0n) is 18.6. The number of aliphatic carboxylic acids is 1. The molecule has 2 amide bonds. The summed E-state index contributed by atoms with van der Waals surface area (Å²) in [6.07, 6.45) is 5.49. The van der Waals surface area contributed by atoms with E-state index in [9.17, 15) is 19.5 Å². The summed E-state index contributed by atoms with van der Waals surface area (Å²) in [6.45, 7) is 0.277. The Morgan fingerprint density at radius 1 is 1.06 bits per heavy atom. The van der Waals surface area contributed by atoms with Gasteiger partial charge in [0.1, 0.15) is 6.04 Å². The number of carboxylic acids is 1. The van der Waals surface area contributed by atoms with E-state index in [-0.39, 0.29) is 11.8 Å². The lowest BCUT2D eigenvalue weighted by Gasteiger charge is -2.17. The Hall–Kier alpha value is -3.30. The predicted molar refractivity (Wildman–Crippen MR) is 136 cm³/mol. The Bertz CT molecular complexity index is 1130. The Balaban J connectivity index is 1.78. The molecular weight excluding hydrogens is 470 g/mol. The molecule has 3 N–H and O–H groups in total. The zero-order valence-corrected chi connectivity index (χ0v) is 20.2.